The summed E-state index contributed by atoms with van der Waals surface area (Å²) in [6.07, 6.45) is 4.26. The summed E-state index contributed by atoms with van der Waals surface area (Å²) >= 11 is 0. The molecule has 0 amide bonds. The van der Waals surface area contributed by atoms with E-state index in [2.05, 4.69) is 5.16 Å². The fourth-order valence-corrected chi connectivity index (χ4v) is 2.61. The van der Waals surface area contributed by atoms with Crippen LogP contribution in [0.15, 0.2) is 65.0 Å². The van der Waals surface area contributed by atoms with Gasteiger partial charge in [-0.15, -0.1) is 0 Å². The Bertz CT molecular complexity index is 914. The lowest BCUT2D eigenvalue weighted by atomic mass is 9.90. The number of fused-ring (bicyclic) bond motifs is 1. The van der Waals surface area contributed by atoms with E-state index in [1.165, 1.54) is 10.6 Å². The first-order valence-electron chi connectivity index (χ1n) is 7.77. The summed E-state index contributed by atoms with van der Waals surface area (Å²) < 4.78 is 1.40. The molecule has 0 saturated heterocycles. The molecule has 2 aromatic rings. The quantitative estimate of drug-likeness (QED) is 0.475. The highest BCUT2D eigenvalue weighted by molar-refractivity contribution is 6.21. The monoisotopic (exact) mass is 322 g/mol. The number of para-hydroxylation sites is 1. The summed E-state index contributed by atoms with van der Waals surface area (Å²) in [5.41, 5.74) is 2.58. The number of carbonyl (C=O) groups excluding carboxylic acids is 2. The van der Waals surface area contributed by atoms with Crippen molar-refractivity contribution in [2.75, 3.05) is 0 Å². The smallest absolute Gasteiger partial charge is 0.297 e. The van der Waals surface area contributed by atoms with Crippen LogP contribution in [0, 0.1) is 5.92 Å². The van der Waals surface area contributed by atoms with Crippen LogP contribution in [0.2, 0.25) is 0 Å². The van der Waals surface area contributed by atoms with E-state index in [9.17, 15) is 9.59 Å². The molecule has 0 N–H and O–H groups in total. The summed E-state index contributed by atoms with van der Waals surface area (Å²) in [7, 11) is 0. The largest absolute Gasteiger partial charge is 0.444 e. The van der Waals surface area contributed by atoms with Gasteiger partial charge < -0.3 is 0 Å². The van der Waals surface area contributed by atoms with Crippen molar-refractivity contribution in [2.45, 2.75) is 20.8 Å². The molecule has 1 aromatic carbocycles. The van der Waals surface area contributed by atoms with Gasteiger partial charge in [-0.3, -0.25) is 14.2 Å². The van der Waals surface area contributed by atoms with Gasteiger partial charge in [0.25, 0.3) is 0 Å². The number of benzene rings is 1. The van der Waals surface area contributed by atoms with Crippen LogP contribution in [0.3, 0.4) is 0 Å². The van der Waals surface area contributed by atoms with Gasteiger partial charge in [0.2, 0.25) is 0 Å². The number of oxime groups is 1. The van der Waals surface area contributed by atoms with Crippen molar-refractivity contribution in [1.82, 2.24) is 4.57 Å². The zero-order chi connectivity index (χ0) is 17.3. The molecule has 1 aliphatic carbocycles. The maximum atomic E-state index is 12.3. The maximum absolute atomic E-state index is 12.3. The predicted molar refractivity (Wildman–Crippen MR) is 92.9 cm³/mol. The molecule has 1 aromatic heterocycles. The van der Waals surface area contributed by atoms with E-state index in [-0.39, 0.29) is 11.7 Å². The highest BCUT2D eigenvalue weighted by atomic mass is 16.7. The second kappa shape index (κ2) is 6.28. The number of hydrogen-bond donors (Lipinski definition) is 0. The molecule has 1 heterocycles. The second-order valence-electron chi connectivity index (χ2n) is 6.02. The number of allylic oxidation sites excluding steroid dienone is 4. The number of aromatic nitrogens is 1. The van der Waals surface area contributed by atoms with Crippen LogP contribution in [0.5, 0.6) is 0 Å². The molecule has 0 fully saturated rings. The van der Waals surface area contributed by atoms with E-state index in [1.54, 1.807) is 19.2 Å². The lowest BCUT2D eigenvalue weighted by molar-refractivity contribution is -0.111. The van der Waals surface area contributed by atoms with Gasteiger partial charge in [-0.05, 0) is 42.7 Å². The van der Waals surface area contributed by atoms with Gasteiger partial charge in [-0.2, -0.15) is 0 Å². The molecule has 5 heteroatoms. The molecule has 0 atom stereocenters. The minimum Gasteiger partial charge on any atom is -0.297 e. The average molecular weight is 322 g/mol. The van der Waals surface area contributed by atoms with E-state index < -0.39 is 6.09 Å². The van der Waals surface area contributed by atoms with Crippen LogP contribution in [0.1, 0.15) is 20.8 Å². The zero-order valence-corrected chi connectivity index (χ0v) is 13.8. The van der Waals surface area contributed by atoms with Gasteiger partial charge in [0.15, 0.2) is 5.78 Å². The Balaban J connectivity index is 1.86. The van der Waals surface area contributed by atoms with Crippen LogP contribution < -0.4 is 0 Å². The number of nitrogens with zero attached hydrogens (tertiary/aromatic N) is 2. The molecule has 5 nitrogen and oxygen atoms in total. The lowest BCUT2D eigenvalue weighted by Gasteiger charge is -2.14. The summed E-state index contributed by atoms with van der Waals surface area (Å²) in [6, 6.07) is 9.36. The molecule has 0 aliphatic heterocycles. The maximum Gasteiger partial charge on any atom is 0.444 e. The molecular formula is C19H18N2O3. The Morgan fingerprint density at radius 2 is 1.92 bits per heavy atom. The normalized spacial score (nSPS) is 16.5. The second-order valence-corrected chi connectivity index (χ2v) is 6.02. The molecule has 0 saturated carbocycles. The Morgan fingerprint density at radius 1 is 1.17 bits per heavy atom. The molecule has 3 rings (SSSR count). The third-order valence-electron chi connectivity index (χ3n) is 3.97. The third-order valence-corrected chi connectivity index (χ3v) is 3.97. The zero-order valence-electron chi connectivity index (χ0n) is 13.8. The molecule has 122 valence electrons. The topological polar surface area (TPSA) is 60.7 Å². The fraction of sp³-hybridized carbons (Fsp3) is 0.211. The van der Waals surface area contributed by atoms with E-state index >= 15 is 0 Å². The third kappa shape index (κ3) is 2.93. The van der Waals surface area contributed by atoms with E-state index in [1.807, 2.05) is 44.2 Å². The predicted octanol–water partition coefficient (Wildman–Crippen LogP) is 4.09. The number of rotatable bonds is 2. The summed E-state index contributed by atoms with van der Waals surface area (Å²) in [6.45, 7) is 5.64. The van der Waals surface area contributed by atoms with Crippen LogP contribution in [-0.4, -0.2) is 22.2 Å². The van der Waals surface area contributed by atoms with Crippen molar-refractivity contribution in [2.24, 2.45) is 11.1 Å². The van der Waals surface area contributed by atoms with Gasteiger partial charge in [0.05, 0.1) is 5.52 Å². The van der Waals surface area contributed by atoms with Crippen molar-refractivity contribution >= 4 is 28.5 Å². The highest BCUT2D eigenvalue weighted by Gasteiger charge is 2.19. The van der Waals surface area contributed by atoms with Crippen molar-refractivity contribution < 1.29 is 14.4 Å². The molecule has 0 radical (unpaired) electrons. The number of carbonyl (C=O) groups is 2. The van der Waals surface area contributed by atoms with Crippen molar-refractivity contribution in [3.8, 4) is 0 Å². The van der Waals surface area contributed by atoms with Crippen LogP contribution in [0.4, 0.5) is 4.79 Å². The first-order chi connectivity index (χ1) is 11.5. The Labute approximate surface area is 139 Å². The number of ketones is 1. The van der Waals surface area contributed by atoms with Crippen LogP contribution in [0.25, 0.3) is 10.9 Å². The van der Waals surface area contributed by atoms with Crippen LogP contribution >= 0.6 is 0 Å². The Kier molecular flexibility index (Phi) is 4.16. The van der Waals surface area contributed by atoms with Crippen molar-refractivity contribution in [1.29, 1.82) is 0 Å². The van der Waals surface area contributed by atoms with Gasteiger partial charge in [0, 0.05) is 17.2 Å². The first-order valence-corrected chi connectivity index (χ1v) is 7.77. The van der Waals surface area contributed by atoms with Gasteiger partial charge in [-0.1, -0.05) is 37.2 Å². The van der Waals surface area contributed by atoms with Gasteiger partial charge in [-0.25, -0.2) is 4.79 Å². The summed E-state index contributed by atoms with van der Waals surface area (Å²) in [5.74, 6) is 0.0559. The lowest BCUT2D eigenvalue weighted by Crippen LogP contribution is -2.17. The minimum absolute atomic E-state index is 0.0239. The molecule has 24 heavy (non-hydrogen) atoms. The standard InChI is InChI=1S/C19H18N2O3/c1-12(2)15-11-16(13(3)10-18(15)22)20-24-19(23)21-9-8-14-6-4-5-7-17(14)21/h4-12H,1-3H3/b20-16-. The SMILES string of the molecule is CC1=CC(=O)C(C(C)C)=C/C1=N/OC(=O)n1ccc2ccccc21. The van der Waals surface area contributed by atoms with Gasteiger partial charge >= 0.3 is 6.09 Å². The van der Waals surface area contributed by atoms with E-state index in [4.69, 9.17) is 4.84 Å². The molecule has 0 spiro atoms. The summed E-state index contributed by atoms with van der Waals surface area (Å²) in [4.78, 5) is 29.3. The molecule has 0 unspecified atom stereocenters. The number of hydrogen-bond acceptors (Lipinski definition) is 4. The Hall–Kier alpha value is -2.95. The van der Waals surface area contributed by atoms with E-state index in [0.717, 1.165) is 10.9 Å². The Morgan fingerprint density at radius 3 is 2.67 bits per heavy atom. The fourth-order valence-electron chi connectivity index (χ4n) is 2.61. The van der Waals surface area contributed by atoms with E-state index in [0.29, 0.717) is 16.9 Å². The highest BCUT2D eigenvalue weighted by Crippen LogP contribution is 2.20. The van der Waals surface area contributed by atoms with Gasteiger partial charge in [0.1, 0.15) is 5.71 Å². The molecule has 1 aliphatic rings. The molecular weight excluding hydrogens is 304 g/mol. The molecule has 0 bridgehead atoms. The minimum atomic E-state index is -0.590. The average Bonchev–Trinajstić information content (AvgIpc) is 2.97. The summed E-state index contributed by atoms with van der Waals surface area (Å²) in [5, 5.41) is 4.89. The van der Waals surface area contributed by atoms with Crippen molar-refractivity contribution in [3.05, 3.63) is 59.8 Å². The van der Waals surface area contributed by atoms with Crippen LogP contribution in [-0.2, 0) is 9.63 Å². The first kappa shape index (κ1) is 15.9. The van der Waals surface area contributed by atoms with Crippen molar-refractivity contribution in [3.63, 3.8) is 0 Å².